The van der Waals surface area contributed by atoms with Gasteiger partial charge in [-0.15, -0.1) is 0 Å². The van der Waals surface area contributed by atoms with Crippen LogP contribution in [-0.2, 0) is 4.74 Å². The quantitative estimate of drug-likeness (QED) is 0.639. The normalized spacial score (nSPS) is 11.8. The van der Waals surface area contributed by atoms with Crippen LogP contribution in [0.4, 0.5) is 4.39 Å². The third-order valence-electron chi connectivity index (χ3n) is 2.11. The molecule has 1 aromatic carbocycles. The van der Waals surface area contributed by atoms with Gasteiger partial charge in [0.1, 0.15) is 5.82 Å². The molecule has 0 unspecified atom stereocenters. The predicted octanol–water partition coefficient (Wildman–Crippen LogP) is 1.50. The van der Waals surface area contributed by atoms with Gasteiger partial charge in [0.15, 0.2) is 0 Å². The number of nitrogens with zero attached hydrogens (tertiary/aromatic N) is 1. The van der Waals surface area contributed by atoms with E-state index in [0.717, 1.165) is 6.07 Å². The van der Waals surface area contributed by atoms with Gasteiger partial charge in [-0.05, 0) is 30.5 Å². The lowest BCUT2D eigenvalue weighted by Gasteiger charge is -2.04. The molecule has 5 heteroatoms. The average Bonchev–Trinajstić information content (AvgIpc) is 2.34. The van der Waals surface area contributed by atoms with Gasteiger partial charge in [0.05, 0.1) is 18.4 Å². The fraction of sp³-hybridized carbons (Fsp3) is 0.167. The second kappa shape index (κ2) is 5.79. The molecular formula is C12H13FN2O2. The van der Waals surface area contributed by atoms with Crippen molar-refractivity contribution in [2.75, 3.05) is 14.2 Å². The Balaban J connectivity index is 3.26. The molecule has 17 heavy (non-hydrogen) atoms. The molecule has 0 spiro atoms. The van der Waals surface area contributed by atoms with Crippen LogP contribution in [0.2, 0.25) is 0 Å². The number of halogens is 1. The second-order valence-corrected chi connectivity index (χ2v) is 3.19. The smallest absolute Gasteiger partial charge is 0.337 e. The first-order valence-corrected chi connectivity index (χ1v) is 4.86. The molecule has 1 aromatic rings. The summed E-state index contributed by atoms with van der Waals surface area (Å²) in [6.45, 7) is 0. The Bertz CT molecular complexity index is 481. The van der Waals surface area contributed by atoms with E-state index in [1.54, 1.807) is 7.05 Å². The molecule has 90 valence electrons. The molecule has 0 fully saturated rings. The first-order chi connectivity index (χ1) is 8.12. The summed E-state index contributed by atoms with van der Waals surface area (Å²) in [6, 6.07) is 3.88. The number of aliphatic imine (C=N–C) groups is 1. The van der Waals surface area contributed by atoms with E-state index in [9.17, 15) is 9.18 Å². The van der Waals surface area contributed by atoms with E-state index in [1.807, 2.05) is 0 Å². The molecule has 0 aliphatic heterocycles. The van der Waals surface area contributed by atoms with Crippen LogP contribution in [-0.4, -0.2) is 25.8 Å². The maximum absolute atomic E-state index is 13.3. The summed E-state index contributed by atoms with van der Waals surface area (Å²) >= 11 is 0. The standard InChI is InChI=1S/C12H13FN2O2/c1-15-11(3-4-14)8-5-9(12(16)17-2)7-10(13)6-8/h3-7H,14H2,1-2H3. The predicted molar refractivity (Wildman–Crippen MR) is 63.5 cm³/mol. The van der Waals surface area contributed by atoms with Crippen LogP contribution >= 0.6 is 0 Å². The molecule has 0 radical (unpaired) electrons. The average molecular weight is 236 g/mol. The zero-order valence-electron chi connectivity index (χ0n) is 9.61. The number of allylic oxidation sites excluding steroid dienone is 1. The maximum Gasteiger partial charge on any atom is 0.337 e. The van der Waals surface area contributed by atoms with Gasteiger partial charge < -0.3 is 10.5 Å². The topological polar surface area (TPSA) is 64.7 Å². The lowest BCUT2D eigenvalue weighted by molar-refractivity contribution is 0.0600. The summed E-state index contributed by atoms with van der Waals surface area (Å²) in [6.07, 6.45) is 2.82. The molecular weight excluding hydrogens is 223 g/mol. The summed E-state index contributed by atoms with van der Waals surface area (Å²) in [7, 11) is 2.79. The van der Waals surface area contributed by atoms with Crippen LogP contribution in [0.3, 0.4) is 0 Å². The SMILES string of the molecule is CN=C(C=CN)c1cc(F)cc(C(=O)OC)c1. The van der Waals surface area contributed by atoms with E-state index in [4.69, 9.17) is 5.73 Å². The number of carbonyl (C=O) groups is 1. The van der Waals surface area contributed by atoms with Crippen molar-refractivity contribution in [2.24, 2.45) is 10.7 Å². The lowest BCUT2D eigenvalue weighted by Crippen LogP contribution is -2.06. The third kappa shape index (κ3) is 3.14. The molecule has 0 atom stereocenters. The molecule has 0 aliphatic carbocycles. The molecule has 0 aromatic heterocycles. The molecule has 0 saturated heterocycles. The summed E-state index contributed by atoms with van der Waals surface area (Å²) in [5.41, 5.74) is 6.34. The van der Waals surface area contributed by atoms with Gasteiger partial charge in [-0.2, -0.15) is 0 Å². The van der Waals surface area contributed by atoms with Gasteiger partial charge in [-0.1, -0.05) is 0 Å². The fourth-order valence-corrected chi connectivity index (χ4v) is 1.36. The first-order valence-electron chi connectivity index (χ1n) is 4.86. The molecule has 0 aliphatic rings. The maximum atomic E-state index is 13.3. The minimum Gasteiger partial charge on any atom is -0.465 e. The van der Waals surface area contributed by atoms with E-state index in [0.29, 0.717) is 11.3 Å². The Hall–Kier alpha value is -2.17. The molecule has 0 bridgehead atoms. The highest BCUT2D eigenvalue weighted by molar-refractivity contribution is 6.09. The van der Waals surface area contributed by atoms with E-state index in [2.05, 4.69) is 9.73 Å². The van der Waals surface area contributed by atoms with E-state index in [-0.39, 0.29) is 5.56 Å². The van der Waals surface area contributed by atoms with Crippen molar-refractivity contribution in [3.05, 3.63) is 47.4 Å². The van der Waals surface area contributed by atoms with Crippen molar-refractivity contribution in [2.45, 2.75) is 0 Å². The Labute approximate surface area is 98.6 Å². The number of methoxy groups -OCH3 is 1. The number of ether oxygens (including phenoxy) is 1. The summed E-state index contributed by atoms with van der Waals surface area (Å²) < 4.78 is 17.9. The van der Waals surface area contributed by atoms with Gasteiger partial charge in [0.2, 0.25) is 0 Å². The molecule has 2 N–H and O–H groups in total. The number of carbonyl (C=O) groups excluding carboxylic acids is 1. The Morgan fingerprint density at radius 3 is 2.59 bits per heavy atom. The molecule has 0 saturated carbocycles. The van der Waals surface area contributed by atoms with E-state index < -0.39 is 11.8 Å². The number of hydrogen-bond acceptors (Lipinski definition) is 4. The van der Waals surface area contributed by atoms with Crippen LogP contribution < -0.4 is 5.73 Å². The number of esters is 1. The lowest BCUT2D eigenvalue weighted by atomic mass is 10.1. The largest absolute Gasteiger partial charge is 0.465 e. The summed E-state index contributed by atoms with van der Waals surface area (Å²) in [5.74, 6) is -1.13. The van der Waals surface area contributed by atoms with E-state index in [1.165, 1.54) is 31.5 Å². The Morgan fingerprint density at radius 1 is 1.41 bits per heavy atom. The van der Waals surface area contributed by atoms with Crippen LogP contribution in [0.15, 0.2) is 35.5 Å². The molecule has 0 amide bonds. The van der Waals surface area contributed by atoms with Crippen LogP contribution in [0.25, 0.3) is 0 Å². The van der Waals surface area contributed by atoms with Crippen LogP contribution in [0, 0.1) is 5.82 Å². The summed E-state index contributed by atoms with van der Waals surface area (Å²) in [5, 5.41) is 0. The highest BCUT2D eigenvalue weighted by Gasteiger charge is 2.10. The van der Waals surface area contributed by atoms with Gasteiger partial charge in [0.25, 0.3) is 0 Å². The number of rotatable bonds is 3. The number of hydrogen-bond donors (Lipinski definition) is 1. The Kier molecular flexibility index (Phi) is 4.39. The molecule has 4 nitrogen and oxygen atoms in total. The first kappa shape index (κ1) is 12.9. The third-order valence-corrected chi connectivity index (χ3v) is 2.11. The van der Waals surface area contributed by atoms with Crippen LogP contribution in [0.5, 0.6) is 0 Å². The van der Waals surface area contributed by atoms with Crippen molar-refractivity contribution < 1.29 is 13.9 Å². The van der Waals surface area contributed by atoms with Crippen molar-refractivity contribution in [3.63, 3.8) is 0 Å². The fourth-order valence-electron chi connectivity index (χ4n) is 1.36. The monoisotopic (exact) mass is 236 g/mol. The van der Waals surface area contributed by atoms with Gasteiger partial charge >= 0.3 is 5.97 Å². The molecule has 1 rings (SSSR count). The minimum atomic E-state index is -0.599. The highest BCUT2D eigenvalue weighted by Crippen LogP contribution is 2.12. The summed E-state index contributed by atoms with van der Waals surface area (Å²) in [4.78, 5) is 15.3. The number of benzene rings is 1. The molecule has 0 heterocycles. The number of nitrogens with two attached hydrogens (primary N) is 1. The van der Waals surface area contributed by atoms with Crippen molar-refractivity contribution in [3.8, 4) is 0 Å². The Morgan fingerprint density at radius 2 is 2.06 bits per heavy atom. The highest BCUT2D eigenvalue weighted by atomic mass is 19.1. The van der Waals surface area contributed by atoms with Gasteiger partial charge in [-0.25, -0.2) is 9.18 Å². The van der Waals surface area contributed by atoms with Crippen LogP contribution in [0.1, 0.15) is 15.9 Å². The van der Waals surface area contributed by atoms with Gasteiger partial charge in [-0.3, -0.25) is 4.99 Å². The van der Waals surface area contributed by atoms with Gasteiger partial charge in [0, 0.05) is 12.6 Å². The van der Waals surface area contributed by atoms with Crippen molar-refractivity contribution in [1.82, 2.24) is 0 Å². The minimum absolute atomic E-state index is 0.133. The zero-order chi connectivity index (χ0) is 12.8. The van der Waals surface area contributed by atoms with Crippen molar-refractivity contribution in [1.29, 1.82) is 0 Å². The van der Waals surface area contributed by atoms with E-state index >= 15 is 0 Å². The van der Waals surface area contributed by atoms with Crippen molar-refractivity contribution >= 4 is 11.7 Å². The second-order valence-electron chi connectivity index (χ2n) is 3.19. The zero-order valence-corrected chi connectivity index (χ0v) is 9.61.